The normalized spacial score (nSPS) is 15.1. The zero-order chi connectivity index (χ0) is 19.7. The number of aromatic nitrogens is 3. The lowest BCUT2D eigenvalue weighted by Crippen LogP contribution is -2.36. The summed E-state index contributed by atoms with van der Waals surface area (Å²) in [4.78, 5) is 17.6. The van der Waals surface area contributed by atoms with Gasteiger partial charge in [-0.15, -0.1) is 0 Å². The van der Waals surface area contributed by atoms with Crippen LogP contribution in [-0.4, -0.2) is 26.5 Å². The largest absolute Gasteiger partial charge is 0.349 e. The number of rotatable bonds is 4. The first-order chi connectivity index (χ1) is 13.5. The van der Waals surface area contributed by atoms with Crippen molar-refractivity contribution in [2.24, 2.45) is 0 Å². The maximum atomic E-state index is 12.8. The molecular weight excluding hydrogens is 348 g/mol. The Balaban J connectivity index is 1.65. The molecule has 1 amide bonds. The molecule has 1 fully saturated rings. The molecule has 2 aromatic heterocycles. The number of fused-ring (bicyclic) bond motifs is 1. The Hall–Kier alpha value is -2.69. The zero-order valence-electron chi connectivity index (χ0n) is 17.0. The lowest BCUT2D eigenvalue weighted by Gasteiger charge is -2.22. The van der Waals surface area contributed by atoms with Crippen LogP contribution >= 0.6 is 0 Å². The van der Waals surface area contributed by atoms with Gasteiger partial charge >= 0.3 is 0 Å². The Morgan fingerprint density at radius 1 is 1.14 bits per heavy atom. The third-order valence-electron chi connectivity index (χ3n) is 6.02. The molecule has 4 rings (SSSR count). The molecule has 0 spiro atoms. The van der Waals surface area contributed by atoms with Crippen LogP contribution in [0.3, 0.4) is 0 Å². The molecular formula is C23H28N4O. The highest BCUT2D eigenvalue weighted by atomic mass is 16.1. The van der Waals surface area contributed by atoms with Gasteiger partial charge in [-0.05, 0) is 50.3 Å². The lowest BCUT2D eigenvalue weighted by atomic mass is 9.95. The van der Waals surface area contributed by atoms with Crippen LogP contribution in [0.1, 0.15) is 70.5 Å². The van der Waals surface area contributed by atoms with Crippen LogP contribution in [0.25, 0.3) is 5.65 Å². The highest BCUT2D eigenvalue weighted by molar-refractivity contribution is 5.99. The van der Waals surface area contributed by atoms with E-state index in [-0.39, 0.29) is 11.9 Å². The topological polar surface area (TPSA) is 59.3 Å². The van der Waals surface area contributed by atoms with E-state index in [1.165, 1.54) is 36.0 Å². The molecule has 5 heteroatoms. The van der Waals surface area contributed by atoms with E-state index in [2.05, 4.69) is 48.5 Å². The summed E-state index contributed by atoms with van der Waals surface area (Å²) in [6, 6.07) is 8.70. The molecule has 1 aromatic carbocycles. The van der Waals surface area contributed by atoms with Gasteiger partial charge in [-0.25, -0.2) is 9.50 Å². The van der Waals surface area contributed by atoms with Crippen molar-refractivity contribution in [1.29, 1.82) is 0 Å². The molecule has 3 aromatic rings. The average Bonchev–Trinajstić information content (AvgIpc) is 3.11. The number of carbonyl (C=O) groups excluding carboxylic acids is 1. The highest BCUT2D eigenvalue weighted by Crippen LogP contribution is 2.22. The zero-order valence-corrected chi connectivity index (χ0v) is 17.0. The third-order valence-corrected chi connectivity index (χ3v) is 6.02. The van der Waals surface area contributed by atoms with Crippen molar-refractivity contribution < 1.29 is 4.79 Å². The number of benzene rings is 1. The monoisotopic (exact) mass is 376 g/mol. The number of carbonyl (C=O) groups is 1. The minimum atomic E-state index is -0.0557. The number of hydrogen-bond acceptors (Lipinski definition) is 3. The molecule has 5 nitrogen and oxygen atoms in total. The Kier molecular flexibility index (Phi) is 5.16. The van der Waals surface area contributed by atoms with Gasteiger partial charge in [0.15, 0.2) is 5.65 Å². The average molecular weight is 377 g/mol. The number of hydrogen-bond donors (Lipinski definition) is 1. The minimum absolute atomic E-state index is 0.0557. The number of amides is 1. The van der Waals surface area contributed by atoms with Gasteiger partial charge < -0.3 is 5.32 Å². The Bertz CT molecular complexity index is 1010. The highest BCUT2D eigenvalue weighted by Gasteiger charge is 2.22. The fourth-order valence-corrected chi connectivity index (χ4v) is 4.24. The maximum absolute atomic E-state index is 12.8. The Morgan fingerprint density at radius 2 is 1.89 bits per heavy atom. The van der Waals surface area contributed by atoms with Crippen molar-refractivity contribution in [3.05, 3.63) is 64.1 Å². The summed E-state index contributed by atoms with van der Waals surface area (Å²) >= 11 is 0. The van der Waals surface area contributed by atoms with E-state index in [0.29, 0.717) is 11.2 Å². The summed E-state index contributed by atoms with van der Waals surface area (Å²) < 4.78 is 1.82. The van der Waals surface area contributed by atoms with Gasteiger partial charge in [0.1, 0.15) is 5.56 Å². The molecule has 0 atom stereocenters. The van der Waals surface area contributed by atoms with Gasteiger partial charge in [0, 0.05) is 23.9 Å². The van der Waals surface area contributed by atoms with Gasteiger partial charge in [0.05, 0.1) is 6.20 Å². The van der Waals surface area contributed by atoms with Crippen molar-refractivity contribution in [2.45, 2.75) is 65.3 Å². The summed E-state index contributed by atoms with van der Waals surface area (Å²) in [5.41, 5.74) is 6.95. The van der Waals surface area contributed by atoms with Crippen LogP contribution in [0.5, 0.6) is 0 Å². The molecule has 1 N–H and O–H groups in total. The maximum Gasteiger partial charge on any atom is 0.256 e. The second-order valence-electron chi connectivity index (χ2n) is 7.97. The second-order valence-corrected chi connectivity index (χ2v) is 7.97. The van der Waals surface area contributed by atoms with Crippen LogP contribution < -0.4 is 5.32 Å². The first kappa shape index (κ1) is 18.7. The smallest absolute Gasteiger partial charge is 0.256 e. The van der Waals surface area contributed by atoms with Gasteiger partial charge in [-0.2, -0.15) is 5.10 Å². The third kappa shape index (κ3) is 3.53. The minimum Gasteiger partial charge on any atom is -0.349 e. The van der Waals surface area contributed by atoms with Gasteiger partial charge in [0.2, 0.25) is 0 Å². The summed E-state index contributed by atoms with van der Waals surface area (Å²) in [6.45, 7) is 6.22. The summed E-state index contributed by atoms with van der Waals surface area (Å²) in [5.74, 6) is -0.0557. The van der Waals surface area contributed by atoms with Crippen LogP contribution in [0.2, 0.25) is 0 Å². The molecule has 0 radical (unpaired) electrons. The molecule has 28 heavy (non-hydrogen) atoms. The number of aryl methyl sites for hydroxylation is 3. The molecule has 1 aliphatic rings. The van der Waals surface area contributed by atoms with Gasteiger partial charge in [-0.3, -0.25) is 4.79 Å². The van der Waals surface area contributed by atoms with Crippen molar-refractivity contribution in [3.63, 3.8) is 0 Å². The van der Waals surface area contributed by atoms with Crippen LogP contribution in [0, 0.1) is 20.8 Å². The fourth-order valence-electron chi connectivity index (χ4n) is 4.24. The summed E-state index contributed by atoms with van der Waals surface area (Å²) in [5, 5.41) is 7.67. The summed E-state index contributed by atoms with van der Waals surface area (Å²) in [6.07, 6.45) is 8.26. The van der Waals surface area contributed by atoms with E-state index in [1.807, 2.05) is 11.4 Å². The Morgan fingerprint density at radius 3 is 2.64 bits per heavy atom. The fraction of sp³-hybridized carbons (Fsp3) is 0.435. The van der Waals surface area contributed by atoms with Crippen LogP contribution in [-0.2, 0) is 6.42 Å². The van der Waals surface area contributed by atoms with E-state index in [0.717, 1.165) is 30.7 Å². The quantitative estimate of drug-likeness (QED) is 0.738. The molecule has 0 aliphatic heterocycles. The summed E-state index contributed by atoms with van der Waals surface area (Å²) in [7, 11) is 0. The molecule has 0 saturated heterocycles. The predicted octanol–water partition coefficient (Wildman–Crippen LogP) is 4.31. The van der Waals surface area contributed by atoms with Crippen LogP contribution in [0.4, 0.5) is 0 Å². The molecule has 0 bridgehead atoms. The van der Waals surface area contributed by atoms with Gasteiger partial charge in [0.25, 0.3) is 5.91 Å². The first-order valence-corrected chi connectivity index (χ1v) is 10.2. The van der Waals surface area contributed by atoms with Crippen LogP contribution in [0.15, 0.2) is 30.5 Å². The van der Waals surface area contributed by atoms with Crippen molar-refractivity contribution in [1.82, 2.24) is 19.9 Å². The molecule has 2 heterocycles. The molecule has 1 aliphatic carbocycles. The van der Waals surface area contributed by atoms with Gasteiger partial charge in [-0.1, -0.05) is 43.5 Å². The van der Waals surface area contributed by atoms with E-state index >= 15 is 0 Å². The lowest BCUT2D eigenvalue weighted by molar-refractivity contribution is 0.0929. The van der Waals surface area contributed by atoms with E-state index in [1.54, 1.807) is 6.20 Å². The van der Waals surface area contributed by atoms with E-state index in [9.17, 15) is 4.79 Å². The first-order valence-electron chi connectivity index (χ1n) is 10.2. The van der Waals surface area contributed by atoms with E-state index in [4.69, 9.17) is 4.98 Å². The number of nitrogens with zero attached hydrogens (tertiary/aromatic N) is 3. The molecule has 146 valence electrons. The van der Waals surface area contributed by atoms with E-state index < -0.39 is 0 Å². The van der Waals surface area contributed by atoms with Crippen molar-refractivity contribution >= 4 is 11.6 Å². The standard InChI is InChI=1S/C23H28N4O/c1-15-9-7-8-10-18(15)13-20-16(2)25-22-21(14-24-27(22)17(20)3)23(28)26-19-11-5-4-6-12-19/h7-10,14,19H,4-6,11-13H2,1-3H3,(H,26,28). The van der Waals surface area contributed by atoms with Crippen molar-refractivity contribution in [3.8, 4) is 0 Å². The molecule has 0 unspecified atom stereocenters. The predicted molar refractivity (Wildman–Crippen MR) is 111 cm³/mol. The Labute approximate surface area is 166 Å². The van der Waals surface area contributed by atoms with Crippen molar-refractivity contribution in [2.75, 3.05) is 0 Å². The SMILES string of the molecule is Cc1ccccc1Cc1c(C)nc2c(C(=O)NC3CCCCC3)cnn2c1C. The molecule has 1 saturated carbocycles. The second kappa shape index (κ2) is 7.74. The number of nitrogens with one attached hydrogen (secondary N) is 1.